The summed E-state index contributed by atoms with van der Waals surface area (Å²) in [5.74, 6) is -0.0218. The second-order valence-corrected chi connectivity index (χ2v) is 8.51. The molecule has 8 nitrogen and oxygen atoms in total. The van der Waals surface area contributed by atoms with Crippen LogP contribution < -0.4 is 10.3 Å². The van der Waals surface area contributed by atoms with Crippen LogP contribution in [-0.4, -0.2) is 39.9 Å². The summed E-state index contributed by atoms with van der Waals surface area (Å²) >= 11 is 0. The van der Waals surface area contributed by atoms with Crippen molar-refractivity contribution in [2.45, 2.75) is 52.0 Å². The van der Waals surface area contributed by atoms with Crippen molar-refractivity contribution in [2.24, 2.45) is 0 Å². The van der Waals surface area contributed by atoms with Crippen LogP contribution in [0.25, 0.3) is 22.3 Å². The van der Waals surface area contributed by atoms with Crippen LogP contribution in [-0.2, 0) is 33.0 Å². The monoisotopic (exact) mass is 450 g/mol. The summed E-state index contributed by atoms with van der Waals surface area (Å²) in [4.78, 5) is 30.4. The third kappa shape index (κ3) is 3.32. The van der Waals surface area contributed by atoms with E-state index in [1.807, 2.05) is 38.1 Å². The lowest BCUT2D eigenvalue weighted by Gasteiger charge is -2.31. The highest BCUT2D eigenvalue weighted by Crippen LogP contribution is 2.39. The molecule has 0 fully saturated rings. The molecule has 0 saturated heterocycles. The normalized spacial score (nSPS) is 19.6. The second-order valence-electron chi connectivity index (χ2n) is 8.51. The van der Waals surface area contributed by atoms with Crippen molar-refractivity contribution < 1.29 is 24.1 Å². The van der Waals surface area contributed by atoms with E-state index in [-0.39, 0.29) is 24.7 Å². The number of aliphatic hydroxyl groups is 1. The lowest BCUT2D eigenvalue weighted by atomic mass is 9.86. The molecule has 172 valence electrons. The van der Waals surface area contributed by atoms with Crippen molar-refractivity contribution in [2.75, 3.05) is 13.2 Å². The van der Waals surface area contributed by atoms with E-state index in [1.54, 1.807) is 17.6 Å². The summed E-state index contributed by atoms with van der Waals surface area (Å²) in [5, 5.41) is 11.8. The number of carbonyl (C=O) groups excluding carboxylic acids is 1. The topological polar surface area (TPSA) is 99.9 Å². The first-order chi connectivity index (χ1) is 15.9. The van der Waals surface area contributed by atoms with Gasteiger partial charge in [-0.25, -0.2) is 9.78 Å². The Bertz CT molecular complexity index is 1330. The highest BCUT2D eigenvalue weighted by atomic mass is 16.6. The number of hydrogen-bond acceptors (Lipinski definition) is 7. The number of benzene rings is 1. The molecule has 0 bridgehead atoms. The zero-order chi connectivity index (χ0) is 23.3. The SMILES string of the molecule is CCOCC(C)Oc1cccc2nc3c(cc12)Cn1c-3cc2c(c1=O)COC(=O)[C@]2(O)CC. The van der Waals surface area contributed by atoms with Gasteiger partial charge in [0.1, 0.15) is 18.5 Å². The van der Waals surface area contributed by atoms with Crippen LogP contribution in [0.3, 0.4) is 0 Å². The summed E-state index contributed by atoms with van der Waals surface area (Å²) in [7, 11) is 0. The van der Waals surface area contributed by atoms with Crippen molar-refractivity contribution in [1.29, 1.82) is 0 Å². The maximum absolute atomic E-state index is 13.3. The maximum Gasteiger partial charge on any atom is 0.343 e. The van der Waals surface area contributed by atoms with Crippen LogP contribution in [0.5, 0.6) is 5.75 Å². The highest BCUT2D eigenvalue weighted by molar-refractivity contribution is 5.89. The molecule has 1 aromatic carbocycles. The van der Waals surface area contributed by atoms with Crippen molar-refractivity contribution in [3.8, 4) is 17.1 Å². The predicted octanol–water partition coefficient (Wildman–Crippen LogP) is 2.88. The van der Waals surface area contributed by atoms with Gasteiger partial charge in [-0.1, -0.05) is 13.0 Å². The molecule has 0 spiro atoms. The number of nitrogens with zero attached hydrogens (tertiary/aromatic N) is 2. The molecule has 0 radical (unpaired) electrons. The van der Waals surface area contributed by atoms with E-state index in [9.17, 15) is 14.7 Å². The Kier molecular flexibility index (Phi) is 5.22. The first kappa shape index (κ1) is 21.6. The molecule has 2 aliphatic heterocycles. The van der Waals surface area contributed by atoms with Gasteiger partial charge in [-0.3, -0.25) is 4.79 Å². The Morgan fingerprint density at radius 3 is 2.85 bits per heavy atom. The Hall–Kier alpha value is -3.23. The maximum atomic E-state index is 13.3. The molecule has 5 rings (SSSR count). The Morgan fingerprint density at radius 1 is 1.27 bits per heavy atom. The molecule has 0 amide bonds. The molecule has 2 aliphatic rings. The van der Waals surface area contributed by atoms with Crippen molar-refractivity contribution >= 4 is 16.9 Å². The second kappa shape index (κ2) is 7.97. The lowest BCUT2D eigenvalue weighted by Crippen LogP contribution is -2.44. The van der Waals surface area contributed by atoms with Crippen LogP contribution in [0.1, 0.15) is 43.9 Å². The molecule has 8 heteroatoms. The van der Waals surface area contributed by atoms with E-state index in [0.717, 1.165) is 16.5 Å². The van der Waals surface area contributed by atoms with Gasteiger partial charge in [0.15, 0.2) is 5.60 Å². The van der Waals surface area contributed by atoms with Crippen molar-refractivity contribution in [3.63, 3.8) is 0 Å². The summed E-state index contributed by atoms with van der Waals surface area (Å²) in [6.07, 6.45) is -0.0139. The van der Waals surface area contributed by atoms with E-state index >= 15 is 0 Å². The van der Waals surface area contributed by atoms with Gasteiger partial charge in [-0.2, -0.15) is 0 Å². The Morgan fingerprint density at radius 2 is 2.09 bits per heavy atom. The van der Waals surface area contributed by atoms with Crippen molar-refractivity contribution in [3.05, 3.63) is 57.4 Å². The zero-order valence-electron chi connectivity index (χ0n) is 18.9. The van der Waals surface area contributed by atoms with Gasteiger partial charge in [0.05, 0.1) is 35.6 Å². The van der Waals surface area contributed by atoms with Crippen molar-refractivity contribution in [1.82, 2.24) is 9.55 Å². The minimum Gasteiger partial charge on any atom is -0.488 e. The largest absolute Gasteiger partial charge is 0.488 e. The smallest absolute Gasteiger partial charge is 0.343 e. The molecule has 2 aromatic heterocycles. The van der Waals surface area contributed by atoms with E-state index in [1.165, 1.54) is 0 Å². The summed E-state index contributed by atoms with van der Waals surface area (Å²) in [6, 6.07) is 9.39. The number of pyridine rings is 2. The van der Waals surface area contributed by atoms with Crippen LogP contribution in [0.2, 0.25) is 0 Å². The number of cyclic esters (lactones) is 1. The van der Waals surface area contributed by atoms with Crippen LogP contribution >= 0.6 is 0 Å². The number of ether oxygens (including phenoxy) is 3. The number of aromatic nitrogens is 2. The fourth-order valence-corrected chi connectivity index (χ4v) is 4.61. The molecule has 1 N–H and O–H groups in total. The van der Waals surface area contributed by atoms with Gasteiger partial charge in [-0.05, 0) is 44.5 Å². The van der Waals surface area contributed by atoms with Crippen LogP contribution in [0.15, 0.2) is 35.1 Å². The minimum absolute atomic E-state index is 0.111. The molecule has 1 unspecified atom stereocenters. The van der Waals surface area contributed by atoms with Crippen LogP contribution in [0, 0.1) is 0 Å². The average molecular weight is 450 g/mol. The molecular formula is C25H26N2O6. The third-order valence-electron chi connectivity index (χ3n) is 6.40. The number of hydrogen-bond donors (Lipinski definition) is 1. The Balaban J connectivity index is 1.62. The van der Waals surface area contributed by atoms with Gasteiger partial charge >= 0.3 is 5.97 Å². The zero-order valence-corrected chi connectivity index (χ0v) is 18.9. The van der Waals surface area contributed by atoms with Gasteiger partial charge < -0.3 is 23.9 Å². The van der Waals surface area contributed by atoms with Gasteiger partial charge in [-0.15, -0.1) is 0 Å². The molecule has 0 saturated carbocycles. The van der Waals surface area contributed by atoms with E-state index < -0.39 is 11.6 Å². The van der Waals surface area contributed by atoms with Crippen LogP contribution in [0.4, 0.5) is 0 Å². The quantitative estimate of drug-likeness (QED) is 0.451. The van der Waals surface area contributed by atoms with E-state index in [0.29, 0.717) is 48.0 Å². The standard InChI is InChI=1S/C25H26N2O6/c1-4-25(30)18-10-20-22-15(11-27(20)23(28)17(18)13-32-24(25)29)9-16-19(26-22)7-6-8-21(16)33-14(3)12-31-5-2/h6-10,14,30H,4-5,11-13H2,1-3H3/t14?,25-/m0/s1. The van der Waals surface area contributed by atoms with Gasteiger partial charge in [0, 0.05) is 23.1 Å². The molecule has 0 aliphatic carbocycles. The number of carbonyl (C=O) groups is 1. The van der Waals surface area contributed by atoms with E-state index in [4.69, 9.17) is 19.2 Å². The van der Waals surface area contributed by atoms with Gasteiger partial charge in [0.25, 0.3) is 5.56 Å². The molecular weight excluding hydrogens is 424 g/mol. The summed E-state index contributed by atoms with van der Waals surface area (Å²) in [6.45, 7) is 6.90. The highest BCUT2D eigenvalue weighted by Gasteiger charge is 2.45. The van der Waals surface area contributed by atoms with E-state index in [2.05, 4.69) is 0 Å². The fourth-order valence-electron chi connectivity index (χ4n) is 4.61. The summed E-state index contributed by atoms with van der Waals surface area (Å²) < 4.78 is 18.3. The molecule has 4 heterocycles. The molecule has 33 heavy (non-hydrogen) atoms. The average Bonchev–Trinajstić information content (AvgIpc) is 3.17. The Labute approximate surface area is 190 Å². The summed E-state index contributed by atoms with van der Waals surface area (Å²) in [5.41, 5.74) is 1.39. The minimum atomic E-state index is -1.83. The number of esters is 1. The van der Waals surface area contributed by atoms with Gasteiger partial charge in [0.2, 0.25) is 0 Å². The number of rotatable bonds is 6. The number of fused-ring (bicyclic) bond motifs is 5. The first-order valence-electron chi connectivity index (χ1n) is 11.2. The third-order valence-corrected chi connectivity index (χ3v) is 6.40. The molecule has 3 aromatic rings. The first-order valence-corrected chi connectivity index (χ1v) is 11.2. The lowest BCUT2D eigenvalue weighted by molar-refractivity contribution is -0.172. The predicted molar refractivity (Wildman–Crippen MR) is 121 cm³/mol. The molecule has 2 atom stereocenters. The fraction of sp³-hybridized carbons (Fsp3) is 0.400.